The molecular formula is C34H48O7. The number of carbonyl (C=O) groups excluding carboxylic acids is 1. The molecule has 226 valence electrons. The molecule has 0 radical (unpaired) electrons. The fourth-order valence-corrected chi connectivity index (χ4v) is 9.81. The van der Waals surface area contributed by atoms with Crippen LogP contribution in [0.5, 0.6) is 0 Å². The Hall–Kier alpha value is -1.61. The molecule has 4 N–H and O–H groups in total. The maximum atomic E-state index is 13.6. The van der Waals surface area contributed by atoms with Gasteiger partial charge in [-0.05, 0) is 101 Å². The van der Waals surface area contributed by atoms with Gasteiger partial charge in [-0.15, -0.1) is 0 Å². The van der Waals surface area contributed by atoms with Crippen molar-refractivity contribution >= 4 is 5.78 Å². The predicted octanol–water partition coefficient (Wildman–Crippen LogP) is 4.62. The first-order valence-corrected chi connectivity index (χ1v) is 15.6. The standard InChI is InChI=1S/C34H48O7/c1-30(2,38)14-13-28-33(5,41-29(40-28)20-9-7-6-8-10-20)27-12-16-34(39)22-17-24(35)23-18-25(36)26(37)19-31(23,3)21(22)11-15-32(27,34)4/h6-10,17,21,23,25-29,36-39H,11-16,18-19H2,1-5H3/t21?,23-,25+,26-,27-,28+,29?,31+,32+,33+,34+/m0/s1. The molecule has 1 aliphatic heterocycles. The number of rotatable bonds is 5. The molecular weight excluding hydrogens is 520 g/mol. The fourth-order valence-electron chi connectivity index (χ4n) is 9.81. The second-order valence-corrected chi connectivity index (χ2v) is 15.1. The summed E-state index contributed by atoms with van der Waals surface area (Å²) in [6, 6.07) is 9.93. The number of carbonyl (C=O) groups is 1. The first-order chi connectivity index (χ1) is 19.1. The molecule has 1 saturated heterocycles. The topological polar surface area (TPSA) is 116 Å². The summed E-state index contributed by atoms with van der Waals surface area (Å²) < 4.78 is 13.5. The van der Waals surface area contributed by atoms with Crippen molar-refractivity contribution in [2.24, 2.45) is 28.6 Å². The third-order valence-corrected chi connectivity index (χ3v) is 12.2. The van der Waals surface area contributed by atoms with E-state index >= 15 is 0 Å². The van der Waals surface area contributed by atoms with E-state index in [0.717, 1.165) is 30.4 Å². The Morgan fingerprint density at radius 1 is 1.00 bits per heavy atom. The second kappa shape index (κ2) is 9.70. The molecule has 6 rings (SSSR count). The monoisotopic (exact) mass is 568 g/mol. The van der Waals surface area contributed by atoms with E-state index in [1.54, 1.807) is 6.08 Å². The van der Waals surface area contributed by atoms with Crippen LogP contribution in [0.1, 0.15) is 97.8 Å². The smallest absolute Gasteiger partial charge is 0.185 e. The van der Waals surface area contributed by atoms with Gasteiger partial charge < -0.3 is 29.9 Å². The Kier molecular flexibility index (Phi) is 6.97. The number of ketones is 1. The largest absolute Gasteiger partial charge is 0.390 e. The maximum absolute atomic E-state index is 13.6. The molecule has 1 aromatic carbocycles. The quantitative estimate of drug-likeness (QED) is 0.410. The van der Waals surface area contributed by atoms with Crippen molar-refractivity contribution < 1.29 is 34.7 Å². The lowest BCUT2D eigenvalue weighted by molar-refractivity contribution is -0.168. The van der Waals surface area contributed by atoms with Crippen molar-refractivity contribution in [3.8, 4) is 0 Å². The lowest BCUT2D eigenvalue weighted by Gasteiger charge is -2.60. The molecule has 41 heavy (non-hydrogen) atoms. The van der Waals surface area contributed by atoms with Crippen LogP contribution >= 0.6 is 0 Å². The van der Waals surface area contributed by atoms with E-state index in [0.29, 0.717) is 25.7 Å². The van der Waals surface area contributed by atoms with Crippen LogP contribution in [0.4, 0.5) is 0 Å². The van der Waals surface area contributed by atoms with Crippen molar-refractivity contribution in [3.63, 3.8) is 0 Å². The third kappa shape index (κ3) is 4.41. The number of ether oxygens (including phenoxy) is 2. The molecule has 2 unspecified atom stereocenters. The molecule has 7 heteroatoms. The van der Waals surface area contributed by atoms with Crippen molar-refractivity contribution in [2.75, 3.05) is 0 Å². The SMILES string of the molecule is CC(C)(O)CC[C@H]1OC(c2ccccc2)O[C@]1(C)[C@H]1CC[C@@]2(O)C3=CC(=O)[C@@H]4C[C@@H](O)[C@@H](O)C[C@]4(C)C3CC[C@]12C. The Balaban J connectivity index is 1.36. The zero-order valence-corrected chi connectivity index (χ0v) is 25.2. The van der Waals surface area contributed by atoms with Gasteiger partial charge in [0, 0.05) is 16.9 Å². The molecule has 0 aromatic heterocycles. The van der Waals surface area contributed by atoms with E-state index < -0.39 is 46.1 Å². The van der Waals surface area contributed by atoms with E-state index in [1.165, 1.54) is 0 Å². The molecule has 5 aliphatic rings. The van der Waals surface area contributed by atoms with Crippen molar-refractivity contribution in [2.45, 2.75) is 127 Å². The van der Waals surface area contributed by atoms with Crippen LogP contribution in [-0.2, 0) is 14.3 Å². The fraction of sp³-hybridized carbons (Fsp3) is 0.735. The molecule has 0 spiro atoms. The zero-order chi connectivity index (χ0) is 29.6. The summed E-state index contributed by atoms with van der Waals surface area (Å²) in [5, 5.41) is 44.3. The van der Waals surface area contributed by atoms with Gasteiger partial charge in [-0.3, -0.25) is 4.79 Å². The number of aliphatic hydroxyl groups is 4. The summed E-state index contributed by atoms with van der Waals surface area (Å²) >= 11 is 0. The van der Waals surface area contributed by atoms with Crippen molar-refractivity contribution in [1.82, 2.24) is 0 Å². The Morgan fingerprint density at radius 3 is 2.39 bits per heavy atom. The number of hydrogen-bond donors (Lipinski definition) is 4. The first kappa shape index (κ1) is 29.5. The second-order valence-electron chi connectivity index (χ2n) is 15.1. The highest BCUT2D eigenvalue weighted by Gasteiger charge is 2.70. The van der Waals surface area contributed by atoms with Crippen molar-refractivity contribution in [3.05, 3.63) is 47.5 Å². The summed E-state index contributed by atoms with van der Waals surface area (Å²) in [6.07, 6.45) is 3.76. The van der Waals surface area contributed by atoms with E-state index in [1.807, 2.05) is 44.2 Å². The highest BCUT2D eigenvalue weighted by molar-refractivity contribution is 5.95. The molecule has 4 aliphatic carbocycles. The van der Waals surface area contributed by atoms with Gasteiger partial charge >= 0.3 is 0 Å². The Labute approximate surface area is 243 Å². The van der Waals surface area contributed by atoms with Gasteiger partial charge in [0.1, 0.15) is 0 Å². The average Bonchev–Trinajstić information content (AvgIpc) is 3.39. The minimum atomic E-state index is -1.18. The van der Waals surface area contributed by atoms with Crippen LogP contribution in [0.2, 0.25) is 0 Å². The predicted molar refractivity (Wildman–Crippen MR) is 154 cm³/mol. The summed E-state index contributed by atoms with van der Waals surface area (Å²) in [5.41, 5.74) is -2.02. The highest BCUT2D eigenvalue weighted by Crippen LogP contribution is 2.70. The van der Waals surface area contributed by atoms with Gasteiger partial charge in [0.05, 0.1) is 35.1 Å². The van der Waals surface area contributed by atoms with E-state index in [4.69, 9.17) is 9.47 Å². The Morgan fingerprint density at radius 2 is 1.71 bits per heavy atom. The van der Waals surface area contributed by atoms with Crippen LogP contribution in [0, 0.1) is 28.6 Å². The van der Waals surface area contributed by atoms with Gasteiger partial charge in [-0.25, -0.2) is 0 Å². The molecule has 0 amide bonds. The third-order valence-electron chi connectivity index (χ3n) is 12.2. The van der Waals surface area contributed by atoms with Gasteiger partial charge in [0.25, 0.3) is 0 Å². The van der Waals surface area contributed by atoms with E-state index in [9.17, 15) is 25.2 Å². The summed E-state index contributed by atoms with van der Waals surface area (Å²) in [7, 11) is 0. The lowest BCUT2D eigenvalue weighted by atomic mass is 9.45. The van der Waals surface area contributed by atoms with Gasteiger partial charge in [0.2, 0.25) is 0 Å². The van der Waals surface area contributed by atoms with Crippen molar-refractivity contribution in [1.29, 1.82) is 0 Å². The van der Waals surface area contributed by atoms with E-state index in [-0.39, 0.29) is 36.1 Å². The van der Waals surface area contributed by atoms with Crippen LogP contribution in [0.15, 0.2) is 42.0 Å². The highest BCUT2D eigenvalue weighted by atomic mass is 16.7. The molecule has 0 bridgehead atoms. The summed E-state index contributed by atoms with van der Waals surface area (Å²) in [6.45, 7) is 9.99. The number of fused-ring (bicyclic) bond motifs is 5. The number of aliphatic hydroxyl groups excluding tert-OH is 2. The molecule has 3 saturated carbocycles. The van der Waals surface area contributed by atoms with Gasteiger partial charge in [-0.1, -0.05) is 44.2 Å². The van der Waals surface area contributed by atoms with Crippen LogP contribution in [-0.4, -0.2) is 61.3 Å². The zero-order valence-electron chi connectivity index (χ0n) is 25.2. The average molecular weight is 569 g/mol. The minimum Gasteiger partial charge on any atom is -0.390 e. The summed E-state index contributed by atoms with van der Waals surface area (Å²) in [4.78, 5) is 13.6. The summed E-state index contributed by atoms with van der Waals surface area (Å²) in [5.74, 6) is -0.450. The van der Waals surface area contributed by atoms with E-state index in [2.05, 4.69) is 20.8 Å². The molecule has 4 fully saturated rings. The Bertz CT molecular complexity index is 1210. The first-order valence-electron chi connectivity index (χ1n) is 15.6. The molecule has 7 nitrogen and oxygen atoms in total. The number of benzene rings is 1. The number of hydrogen-bond acceptors (Lipinski definition) is 7. The van der Waals surface area contributed by atoms with Crippen LogP contribution in [0.25, 0.3) is 0 Å². The van der Waals surface area contributed by atoms with Gasteiger partial charge in [-0.2, -0.15) is 0 Å². The van der Waals surface area contributed by atoms with Crippen LogP contribution < -0.4 is 0 Å². The lowest BCUT2D eigenvalue weighted by Crippen LogP contribution is -2.62. The van der Waals surface area contributed by atoms with Gasteiger partial charge in [0.15, 0.2) is 12.1 Å². The number of allylic oxidation sites excluding steroid dienone is 1. The molecule has 1 heterocycles. The maximum Gasteiger partial charge on any atom is 0.185 e. The molecule has 11 atom stereocenters. The van der Waals surface area contributed by atoms with Crippen LogP contribution in [0.3, 0.4) is 0 Å². The normalized spacial score (nSPS) is 47.9. The molecule has 1 aromatic rings. The minimum absolute atomic E-state index is 0.0271.